The molecule has 2 unspecified atom stereocenters. The van der Waals surface area contributed by atoms with E-state index in [1.165, 1.54) is 0 Å². The summed E-state index contributed by atoms with van der Waals surface area (Å²) in [4.78, 5) is 0. The molecule has 0 saturated heterocycles. The molecule has 0 radical (unpaired) electrons. The largest absolute Gasteiger partial charge is 0.391 e. The first-order chi connectivity index (χ1) is 7.56. The molecule has 0 fully saturated rings. The molecule has 16 heavy (non-hydrogen) atoms. The summed E-state index contributed by atoms with van der Waals surface area (Å²) in [5.41, 5.74) is 0. The van der Waals surface area contributed by atoms with Gasteiger partial charge in [0.15, 0.2) is 6.29 Å². The van der Waals surface area contributed by atoms with Crippen molar-refractivity contribution in [2.24, 2.45) is 0 Å². The first-order valence-electron chi connectivity index (χ1n) is 6.15. The van der Waals surface area contributed by atoms with Crippen LogP contribution in [0.25, 0.3) is 0 Å². The van der Waals surface area contributed by atoms with Crippen LogP contribution in [0.1, 0.15) is 46.5 Å². The van der Waals surface area contributed by atoms with Crippen LogP contribution in [0, 0.1) is 0 Å². The summed E-state index contributed by atoms with van der Waals surface area (Å²) in [7, 11) is 0. The van der Waals surface area contributed by atoms with E-state index in [2.05, 4.69) is 6.92 Å². The smallest absolute Gasteiger partial charge is 0.157 e. The van der Waals surface area contributed by atoms with Gasteiger partial charge in [0.1, 0.15) is 0 Å². The van der Waals surface area contributed by atoms with Crippen molar-refractivity contribution in [2.45, 2.75) is 65.0 Å². The van der Waals surface area contributed by atoms with E-state index in [4.69, 9.17) is 19.7 Å². The number of aliphatic hydroxyl groups excluding tert-OH is 2. The molecule has 0 aliphatic heterocycles. The van der Waals surface area contributed by atoms with Crippen LogP contribution in [0.5, 0.6) is 0 Å². The first kappa shape index (κ1) is 15.8. The molecular formula is C12H26O4. The second-order valence-corrected chi connectivity index (χ2v) is 4.29. The summed E-state index contributed by atoms with van der Waals surface area (Å²) in [5.74, 6) is 0. The van der Waals surface area contributed by atoms with Gasteiger partial charge in [-0.25, -0.2) is 0 Å². The van der Waals surface area contributed by atoms with E-state index in [0.29, 0.717) is 0 Å². The van der Waals surface area contributed by atoms with Gasteiger partial charge < -0.3 is 19.7 Å². The average Bonchev–Trinajstić information content (AvgIpc) is 2.21. The lowest BCUT2D eigenvalue weighted by Gasteiger charge is -2.20. The number of unbranched alkanes of at least 4 members (excludes halogenated alkanes) is 2. The van der Waals surface area contributed by atoms with E-state index in [-0.39, 0.29) is 19.5 Å². The van der Waals surface area contributed by atoms with Crippen molar-refractivity contribution in [3.8, 4) is 0 Å². The van der Waals surface area contributed by atoms with Crippen LogP contribution in [0.2, 0.25) is 0 Å². The predicted octanol–water partition coefficient (Wildman–Crippen LogP) is 1.69. The van der Waals surface area contributed by atoms with Crippen molar-refractivity contribution in [2.75, 3.05) is 13.2 Å². The molecule has 2 N–H and O–H groups in total. The Kier molecular flexibility index (Phi) is 9.92. The Morgan fingerprint density at radius 3 is 1.81 bits per heavy atom. The third kappa shape index (κ3) is 10.4. The number of aliphatic hydroxyl groups is 2. The third-order valence-electron chi connectivity index (χ3n) is 2.09. The fraction of sp³-hybridized carbons (Fsp3) is 1.00. The Morgan fingerprint density at radius 1 is 0.938 bits per heavy atom. The maximum Gasteiger partial charge on any atom is 0.157 e. The van der Waals surface area contributed by atoms with Gasteiger partial charge >= 0.3 is 0 Å². The van der Waals surface area contributed by atoms with Gasteiger partial charge in [-0.05, 0) is 26.7 Å². The molecule has 0 rings (SSSR count). The molecule has 0 spiro atoms. The standard InChI is InChI=1S/C12H26O4/c1-4-5-6-7-12(15-8-10(2)13)16-9-11(3)14/h10-14H,4-9H2,1-3H3. The third-order valence-corrected chi connectivity index (χ3v) is 2.09. The van der Waals surface area contributed by atoms with Gasteiger partial charge in [-0.2, -0.15) is 0 Å². The summed E-state index contributed by atoms with van der Waals surface area (Å²) < 4.78 is 10.8. The molecule has 2 atom stereocenters. The zero-order valence-electron chi connectivity index (χ0n) is 10.7. The SMILES string of the molecule is CCCCCC(OCC(C)O)OCC(C)O. The summed E-state index contributed by atoms with van der Waals surface area (Å²) >= 11 is 0. The maximum absolute atomic E-state index is 9.12. The maximum atomic E-state index is 9.12. The van der Waals surface area contributed by atoms with Gasteiger partial charge in [-0.15, -0.1) is 0 Å². The normalized spacial score (nSPS) is 17.1. The second kappa shape index (κ2) is 10.0. The summed E-state index contributed by atoms with van der Waals surface area (Å²) in [6.45, 7) is 6.05. The van der Waals surface area contributed by atoms with Crippen molar-refractivity contribution in [3.05, 3.63) is 0 Å². The summed E-state index contributed by atoms with van der Waals surface area (Å²) in [6.07, 6.45) is 2.88. The quantitative estimate of drug-likeness (QED) is 0.446. The predicted molar refractivity (Wildman–Crippen MR) is 63.2 cm³/mol. The Balaban J connectivity index is 3.76. The minimum Gasteiger partial charge on any atom is -0.391 e. The zero-order chi connectivity index (χ0) is 12.4. The summed E-state index contributed by atoms with van der Waals surface area (Å²) in [6, 6.07) is 0. The molecule has 4 nitrogen and oxygen atoms in total. The van der Waals surface area contributed by atoms with Crippen molar-refractivity contribution >= 4 is 0 Å². The molecule has 0 aliphatic rings. The molecule has 0 bridgehead atoms. The Bertz CT molecular complexity index is 136. The number of rotatable bonds is 10. The van der Waals surface area contributed by atoms with Crippen LogP contribution in [-0.4, -0.2) is 41.9 Å². The van der Waals surface area contributed by atoms with Crippen molar-refractivity contribution < 1.29 is 19.7 Å². The lowest BCUT2D eigenvalue weighted by atomic mass is 10.2. The van der Waals surface area contributed by atoms with Gasteiger partial charge in [0.05, 0.1) is 25.4 Å². The van der Waals surface area contributed by atoms with Crippen molar-refractivity contribution in [1.29, 1.82) is 0 Å². The lowest BCUT2D eigenvalue weighted by molar-refractivity contribution is -0.170. The Labute approximate surface area is 98.6 Å². The highest BCUT2D eigenvalue weighted by molar-refractivity contribution is 4.52. The number of hydrogen-bond donors (Lipinski definition) is 2. The molecule has 0 aliphatic carbocycles. The van der Waals surface area contributed by atoms with E-state index in [1.54, 1.807) is 13.8 Å². The van der Waals surface area contributed by atoms with Crippen LogP contribution in [-0.2, 0) is 9.47 Å². The molecule has 0 saturated carbocycles. The van der Waals surface area contributed by atoms with E-state index in [9.17, 15) is 0 Å². The van der Waals surface area contributed by atoms with Crippen LogP contribution in [0.3, 0.4) is 0 Å². The highest BCUT2D eigenvalue weighted by atomic mass is 16.7. The Morgan fingerprint density at radius 2 is 1.44 bits per heavy atom. The molecule has 98 valence electrons. The number of ether oxygens (including phenoxy) is 2. The van der Waals surface area contributed by atoms with Crippen LogP contribution >= 0.6 is 0 Å². The molecular weight excluding hydrogens is 208 g/mol. The van der Waals surface area contributed by atoms with Gasteiger partial charge in [-0.3, -0.25) is 0 Å². The van der Waals surface area contributed by atoms with Crippen molar-refractivity contribution in [3.63, 3.8) is 0 Å². The van der Waals surface area contributed by atoms with Gasteiger partial charge in [0.2, 0.25) is 0 Å². The average molecular weight is 234 g/mol. The fourth-order valence-corrected chi connectivity index (χ4v) is 1.27. The van der Waals surface area contributed by atoms with Crippen LogP contribution in [0.15, 0.2) is 0 Å². The van der Waals surface area contributed by atoms with Crippen molar-refractivity contribution in [1.82, 2.24) is 0 Å². The number of hydrogen-bond acceptors (Lipinski definition) is 4. The molecule has 4 heteroatoms. The fourth-order valence-electron chi connectivity index (χ4n) is 1.27. The highest BCUT2D eigenvalue weighted by Crippen LogP contribution is 2.09. The second-order valence-electron chi connectivity index (χ2n) is 4.29. The van der Waals surface area contributed by atoms with E-state index in [0.717, 1.165) is 25.7 Å². The zero-order valence-corrected chi connectivity index (χ0v) is 10.7. The van der Waals surface area contributed by atoms with Gasteiger partial charge in [-0.1, -0.05) is 19.8 Å². The minimum atomic E-state index is -0.483. The van der Waals surface area contributed by atoms with E-state index in [1.807, 2.05) is 0 Å². The molecule has 0 aromatic rings. The monoisotopic (exact) mass is 234 g/mol. The molecule has 0 amide bonds. The van der Waals surface area contributed by atoms with Crippen LogP contribution < -0.4 is 0 Å². The van der Waals surface area contributed by atoms with E-state index < -0.39 is 12.2 Å². The molecule has 0 heterocycles. The minimum absolute atomic E-state index is 0.274. The highest BCUT2D eigenvalue weighted by Gasteiger charge is 2.11. The first-order valence-corrected chi connectivity index (χ1v) is 6.15. The summed E-state index contributed by atoms with van der Waals surface area (Å²) in [5, 5.41) is 18.2. The topological polar surface area (TPSA) is 58.9 Å². The lowest BCUT2D eigenvalue weighted by Crippen LogP contribution is -2.25. The van der Waals surface area contributed by atoms with Gasteiger partial charge in [0.25, 0.3) is 0 Å². The van der Waals surface area contributed by atoms with Crippen LogP contribution in [0.4, 0.5) is 0 Å². The van der Waals surface area contributed by atoms with E-state index >= 15 is 0 Å². The van der Waals surface area contributed by atoms with Gasteiger partial charge in [0, 0.05) is 0 Å². The Hall–Kier alpha value is -0.160. The molecule has 0 aromatic heterocycles. The molecule has 0 aromatic carbocycles.